The van der Waals surface area contributed by atoms with E-state index in [9.17, 15) is 0 Å². The molecule has 6 heteroatoms. The van der Waals surface area contributed by atoms with Gasteiger partial charge in [-0.3, -0.25) is 5.10 Å². The molecule has 3 rings (SSSR count). The van der Waals surface area contributed by atoms with E-state index in [4.69, 9.17) is 16.3 Å². The summed E-state index contributed by atoms with van der Waals surface area (Å²) in [7, 11) is 1.66. The maximum absolute atomic E-state index is 5.88. The van der Waals surface area contributed by atoms with Crippen LogP contribution in [-0.2, 0) is 5.75 Å². The Hall–Kier alpha value is -1.98. The Morgan fingerprint density at radius 3 is 2.50 bits per heavy atom. The second-order valence-corrected chi connectivity index (χ2v) is 6.06. The molecule has 0 bridgehead atoms. The lowest BCUT2D eigenvalue weighted by atomic mass is 10.2. The predicted octanol–water partition coefficient (Wildman–Crippen LogP) is 4.43. The minimum Gasteiger partial charge on any atom is -0.497 e. The molecule has 0 unspecified atom stereocenters. The summed E-state index contributed by atoms with van der Waals surface area (Å²) in [5.41, 5.74) is 0.946. The molecule has 0 radical (unpaired) electrons. The van der Waals surface area contributed by atoms with Crippen LogP contribution >= 0.6 is 23.4 Å². The lowest BCUT2D eigenvalue weighted by molar-refractivity contribution is 0.414. The first-order chi connectivity index (χ1) is 10.7. The highest BCUT2D eigenvalue weighted by Crippen LogP contribution is 2.25. The van der Waals surface area contributed by atoms with Gasteiger partial charge in [-0.05, 0) is 48.5 Å². The second-order valence-electron chi connectivity index (χ2n) is 4.58. The average molecular weight is 332 g/mol. The van der Waals surface area contributed by atoms with Gasteiger partial charge in [0.15, 0.2) is 5.82 Å². The summed E-state index contributed by atoms with van der Waals surface area (Å²) in [4.78, 5) is 5.66. The lowest BCUT2D eigenvalue weighted by Gasteiger charge is -2.01. The fourth-order valence-corrected chi connectivity index (χ4v) is 2.80. The highest BCUT2D eigenvalue weighted by atomic mass is 35.5. The van der Waals surface area contributed by atoms with E-state index >= 15 is 0 Å². The van der Waals surface area contributed by atoms with Crippen LogP contribution in [0.25, 0.3) is 11.4 Å². The van der Waals surface area contributed by atoms with Gasteiger partial charge in [-0.1, -0.05) is 11.6 Å². The van der Waals surface area contributed by atoms with Crippen molar-refractivity contribution in [2.75, 3.05) is 7.11 Å². The highest BCUT2D eigenvalue weighted by Gasteiger charge is 2.06. The number of nitrogens with one attached hydrogen (secondary N) is 1. The Labute approximate surface area is 137 Å². The normalized spacial score (nSPS) is 10.6. The number of ether oxygens (including phenoxy) is 1. The lowest BCUT2D eigenvalue weighted by Crippen LogP contribution is -1.85. The van der Waals surface area contributed by atoms with Crippen LogP contribution in [0.4, 0.5) is 0 Å². The maximum Gasteiger partial charge on any atom is 0.181 e. The number of aromatic nitrogens is 3. The number of nitrogens with zero attached hydrogens (tertiary/aromatic N) is 2. The molecule has 0 fully saturated rings. The van der Waals surface area contributed by atoms with Gasteiger partial charge >= 0.3 is 0 Å². The topological polar surface area (TPSA) is 50.8 Å². The summed E-state index contributed by atoms with van der Waals surface area (Å²) in [6, 6.07) is 15.4. The van der Waals surface area contributed by atoms with E-state index in [0.29, 0.717) is 10.8 Å². The largest absolute Gasteiger partial charge is 0.497 e. The minimum atomic E-state index is 0.682. The van der Waals surface area contributed by atoms with Crippen LogP contribution < -0.4 is 4.74 Å². The number of hydrogen-bond acceptors (Lipinski definition) is 4. The predicted molar refractivity (Wildman–Crippen MR) is 89.4 cm³/mol. The molecule has 0 aliphatic rings. The number of H-pyrrole nitrogens is 1. The summed E-state index contributed by atoms with van der Waals surface area (Å²) in [6.45, 7) is 0. The number of halogens is 1. The van der Waals surface area contributed by atoms with Crippen molar-refractivity contribution in [2.45, 2.75) is 10.6 Å². The molecule has 0 saturated heterocycles. The van der Waals surface area contributed by atoms with Gasteiger partial charge in [0.2, 0.25) is 0 Å². The van der Waals surface area contributed by atoms with Crippen molar-refractivity contribution in [1.82, 2.24) is 15.2 Å². The van der Waals surface area contributed by atoms with Crippen LogP contribution in [0.15, 0.2) is 53.4 Å². The molecule has 1 heterocycles. The molecule has 3 aromatic rings. The first-order valence-electron chi connectivity index (χ1n) is 6.68. The molecule has 0 amide bonds. The Bertz CT molecular complexity index is 741. The Balaban J connectivity index is 1.65. The number of hydrogen-bond donors (Lipinski definition) is 1. The fraction of sp³-hybridized carbons (Fsp3) is 0.125. The van der Waals surface area contributed by atoms with E-state index in [2.05, 4.69) is 15.2 Å². The van der Waals surface area contributed by atoms with Crippen LogP contribution in [-0.4, -0.2) is 22.3 Å². The second kappa shape index (κ2) is 6.85. The van der Waals surface area contributed by atoms with Crippen molar-refractivity contribution in [2.24, 2.45) is 0 Å². The van der Waals surface area contributed by atoms with E-state index in [-0.39, 0.29) is 0 Å². The third-order valence-corrected chi connectivity index (χ3v) is 4.34. The van der Waals surface area contributed by atoms with Crippen molar-refractivity contribution < 1.29 is 4.74 Å². The quantitative estimate of drug-likeness (QED) is 0.703. The van der Waals surface area contributed by atoms with Crippen LogP contribution in [0.5, 0.6) is 5.75 Å². The van der Waals surface area contributed by atoms with Gasteiger partial charge < -0.3 is 4.74 Å². The van der Waals surface area contributed by atoms with E-state index < -0.39 is 0 Å². The molecule has 0 atom stereocenters. The standard InChI is InChI=1S/C16H14ClN3OS/c1-21-13-6-8-14(9-7-13)22-10-15-18-16(20-19-15)11-2-4-12(17)5-3-11/h2-9H,10H2,1H3,(H,18,19,20). The van der Waals surface area contributed by atoms with E-state index in [1.807, 2.05) is 48.5 Å². The van der Waals surface area contributed by atoms with Crippen LogP contribution in [0.1, 0.15) is 5.82 Å². The first kappa shape index (κ1) is 14.9. The van der Waals surface area contributed by atoms with Crippen LogP contribution in [0.3, 0.4) is 0 Å². The van der Waals surface area contributed by atoms with Gasteiger partial charge in [-0.2, -0.15) is 5.10 Å². The molecular weight excluding hydrogens is 318 g/mol. The minimum absolute atomic E-state index is 0.682. The highest BCUT2D eigenvalue weighted by molar-refractivity contribution is 7.98. The van der Waals surface area contributed by atoms with Crippen molar-refractivity contribution in [1.29, 1.82) is 0 Å². The molecule has 0 aliphatic heterocycles. The van der Waals surface area contributed by atoms with Gasteiger partial charge in [0.1, 0.15) is 11.6 Å². The molecular formula is C16H14ClN3OS. The number of rotatable bonds is 5. The number of thioether (sulfide) groups is 1. The van der Waals surface area contributed by atoms with E-state index in [1.54, 1.807) is 18.9 Å². The Morgan fingerprint density at radius 2 is 1.82 bits per heavy atom. The van der Waals surface area contributed by atoms with Gasteiger partial charge in [-0.15, -0.1) is 11.8 Å². The van der Waals surface area contributed by atoms with Crippen molar-refractivity contribution in [3.8, 4) is 17.1 Å². The summed E-state index contributed by atoms with van der Waals surface area (Å²) in [5.74, 6) is 3.11. The molecule has 0 saturated carbocycles. The zero-order valence-corrected chi connectivity index (χ0v) is 13.5. The van der Waals surface area contributed by atoms with Crippen molar-refractivity contribution in [3.05, 3.63) is 59.4 Å². The molecule has 1 aromatic heterocycles. The molecule has 4 nitrogen and oxygen atoms in total. The van der Waals surface area contributed by atoms with Gasteiger partial charge in [0.05, 0.1) is 12.9 Å². The van der Waals surface area contributed by atoms with E-state index in [0.717, 1.165) is 27.8 Å². The average Bonchev–Trinajstić information content (AvgIpc) is 3.03. The number of methoxy groups -OCH3 is 1. The molecule has 112 valence electrons. The third kappa shape index (κ3) is 3.61. The summed E-state index contributed by atoms with van der Waals surface area (Å²) >= 11 is 7.58. The third-order valence-electron chi connectivity index (χ3n) is 3.07. The van der Waals surface area contributed by atoms with Crippen molar-refractivity contribution >= 4 is 23.4 Å². The Kier molecular flexibility index (Phi) is 4.65. The molecule has 1 N–H and O–H groups in total. The zero-order valence-electron chi connectivity index (χ0n) is 11.9. The maximum atomic E-state index is 5.88. The molecule has 22 heavy (non-hydrogen) atoms. The molecule has 0 spiro atoms. The van der Waals surface area contributed by atoms with Crippen molar-refractivity contribution in [3.63, 3.8) is 0 Å². The van der Waals surface area contributed by atoms with Gasteiger partial charge in [0.25, 0.3) is 0 Å². The van der Waals surface area contributed by atoms with Crippen LogP contribution in [0, 0.1) is 0 Å². The van der Waals surface area contributed by atoms with E-state index in [1.165, 1.54) is 0 Å². The van der Waals surface area contributed by atoms with Gasteiger partial charge in [-0.25, -0.2) is 4.98 Å². The molecule has 2 aromatic carbocycles. The SMILES string of the molecule is COc1ccc(SCc2nc(-c3ccc(Cl)cc3)n[nH]2)cc1. The molecule has 0 aliphatic carbocycles. The number of aromatic amines is 1. The van der Waals surface area contributed by atoms with Crippen LogP contribution in [0.2, 0.25) is 5.02 Å². The smallest absolute Gasteiger partial charge is 0.181 e. The first-order valence-corrected chi connectivity index (χ1v) is 8.05. The summed E-state index contributed by atoms with van der Waals surface area (Å²) in [5, 5.41) is 7.92. The fourth-order valence-electron chi connectivity index (χ4n) is 1.91. The zero-order chi connectivity index (χ0) is 15.4. The Morgan fingerprint density at radius 1 is 1.09 bits per heavy atom. The monoisotopic (exact) mass is 331 g/mol. The van der Waals surface area contributed by atoms with Gasteiger partial charge in [0, 0.05) is 15.5 Å². The summed E-state index contributed by atoms with van der Waals surface area (Å²) < 4.78 is 5.15. The summed E-state index contributed by atoms with van der Waals surface area (Å²) in [6.07, 6.45) is 0. The number of benzene rings is 2.